The number of hydrogen-bond acceptors (Lipinski definition) is 3. The Labute approximate surface area is 107 Å². The lowest BCUT2D eigenvalue weighted by Crippen LogP contribution is -2.71. The molecular weight excluding hydrogens is 228 g/mol. The van der Waals surface area contributed by atoms with E-state index >= 15 is 0 Å². The van der Waals surface area contributed by atoms with E-state index in [1.165, 1.54) is 0 Å². The number of Topliss-reactive ketones (excluding diaryl/α,β-unsaturated/α-hetero) is 1. The van der Waals surface area contributed by atoms with Crippen LogP contribution in [0.25, 0.3) is 0 Å². The molecule has 3 aliphatic rings. The highest BCUT2D eigenvalue weighted by Gasteiger charge is 2.67. The van der Waals surface area contributed by atoms with Crippen LogP contribution in [0.5, 0.6) is 0 Å². The molecule has 0 radical (unpaired) electrons. The van der Waals surface area contributed by atoms with E-state index in [1.54, 1.807) is 6.92 Å². The normalized spacial score (nSPS) is 36.6. The number of ketones is 1. The van der Waals surface area contributed by atoms with Crippen molar-refractivity contribution < 1.29 is 9.59 Å². The fourth-order valence-corrected chi connectivity index (χ4v) is 4.14. The fourth-order valence-electron chi connectivity index (χ4n) is 4.14. The lowest BCUT2D eigenvalue weighted by Gasteiger charge is -2.58. The number of likely N-dealkylation sites (N-methyl/N-ethyl adjacent to an activating group) is 1. The summed E-state index contributed by atoms with van der Waals surface area (Å²) in [5.41, 5.74) is 0.439. The van der Waals surface area contributed by atoms with Gasteiger partial charge >= 0.3 is 0 Å². The summed E-state index contributed by atoms with van der Waals surface area (Å²) in [4.78, 5) is 26.4. The molecule has 3 atom stereocenters. The first-order valence-corrected chi connectivity index (χ1v) is 6.90. The summed E-state index contributed by atoms with van der Waals surface area (Å²) < 4.78 is 0. The SMILES string of the molecule is CCNC(=O)[C@@]12[C@H]3CCCN1C=C(C(C)=O)[C@@H]2C3. The summed E-state index contributed by atoms with van der Waals surface area (Å²) in [5.74, 6) is 0.803. The largest absolute Gasteiger partial charge is 0.362 e. The smallest absolute Gasteiger partial charge is 0.246 e. The van der Waals surface area contributed by atoms with Gasteiger partial charge in [-0.1, -0.05) is 0 Å². The van der Waals surface area contributed by atoms with Crippen molar-refractivity contribution >= 4 is 11.7 Å². The van der Waals surface area contributed by atoms with Gasteiger partial charge in [-0.2, -0.15) is 0 Å². The second kappa shape index (κ2) is 3.84. The molecule has 1 saturated carbocycles. The van der Waals surface area contributed by atoms with E-state index in [1.807, 2.05) is 13.1 Å². The number of piperidine rings is 1. The van der Waals surface area contributed by atoms with Crippen LogP contribution in [0, 0.1) is 11.8 Å². The van der Waals surface area contributed by atoms with Crippen LogP contribution in [0.4, 0.5) is 0 Å². The molecule has 2 fully saturated rings. The second-order valence-corrected chi connectivity index (χ2v) is 5.65. The molecular formula is C14H20N2O2. The third-order valence-electron chi connectivity index (χ3n) is 4.88. The first kappa shape index (κ1) is 11.8. The monoisotopic (exact) mass is 248 g/mol. The molecule has 0 aromatic carbocycles. The van der Waals surface area contributed by atoms with Crippen LogP contribution in [0.15, 0.2) is 11.8 Å². The van der Waals surface area contributed by atoms with Gasteiger partial charge in [-0.15, -0.1) is 0 Å². The van der Waals surface area contributed by atoms with Crippen LogP contribution in [0.3, 0.4) is 0 Å². The van der Waals surface area contributed by atoms with Crippen molar-refractivity contribution in [2.45, 2.75) is 38.6 Å². The van der Waals surface area contributed by atoms with Crippen molar-refractivity contribution in [2.75, 3.05) is 13.1 Å². The van der Waals surface area contributed by atoms with Gasteiger partial charge in [0.1, 0.15) is 5.54 Å². The number of carbonyl (C=O) groups is 2. The van der Waals surface area contributed by atoms with E-state index in [0.717, 1.165) is 31.4 Å². The van der Waals surface area contributed by atoms with Crippen molar-refractivity contribution in [3.8, 4) is 0 Å². The minimum absolute atomic E-state index is 0.122. The van der Waals surface area contributed by atoms with Crippen LogP contribution in [-0.4, -0.2) is 35.2 Å². The number of nitrogens with zero attached hydrogens (tertiary/aromatic N) is 1. The minimum atomic E-state index is -0.421. The van der Waals surface area contributed by atoms with Crippen LogP contribution in [0.2, 0.25) is 0 Å². The average molecular weight is 248 g/mol. The third kappa shape index (κ3) is 1.21. The first-order valence-electron chi connectivity index (χ1n) is 6.90. The maximum absolute atomic E-state index is 12.5. The Bertz CT molecular complexity index is 443. The van der Waals surface area contributed by atoms with Gasteiger partial charge in [0.15, 0.2) is 5.78 Å². The standard InChI is InChI=1S/C14H20N2O2/c1-3-15-13(18)14-10-5-4-6-16(14)8-11(9(2)17)12(14)7-10/h8,10,12H,3-7H2,1-2H3,(H,15,18)/t10-,12-,14-/m0/s1. The van der Waals surface area contributed by atoms with Gasteiger partial charge in [-0.05, 0) is 39.0 Å². The molecule has 2 heterocycles. The molecule has 1 N–H and O–H groups in total. The van der Waals surface area contributed by atoms with E-state index in [4.69, 9.17) is 0 Å². The average Bonchev–Trinajstić information content (AvgIpc) is 2.61. The van der Waals surface area contributed by atoms with E-state index in [0.29, 0.717) is 12.5 Å². The molecule has 0 aromatic heterocycles. The summed E-state index contributed by atoms with van der Waals surface area (Å²) in [6, 6.07) is 0. The lowest BCUT2D eigenvalue weighted by molar-refractivity contribution is -0.153. The maximum Gasteiger partial charge on any atom is 0.246 e. The number of carbonyl (C=O) groups excluding carboxylic acids is 2. The number of nitrogens with one attached hydrogen (secondary N) is 1. The Kier molecular flexibility index (Phi) is 2.50. The summed E-state index contributed by atoms with van der Waals surface area (Å²) >= 11 is 0. The molecule has 1 aliphatic carbocycles. The van der Waals surface area contributed by atoms with E-state index in [9.17, 15) is 9.59 Å². The van der Waals surface area contributed by atoms with Gasteiger partial charge in [-0.3, -0.25) is 9.59 Å². The Morgan fingerprint density at radius 3 is 3.00 bits per heavy atom. The fraction of sp³-hybridized carbons (Fsp3) is 0.714. The lowest BCUT2D eigenvalue weighted by atomic mass is 9.54. The number of rotatable bonds is 3. The topological polar surface area (TPSA) is 49.4 Å². The molecule has 2 aliphatic heterocycles. The summed E-state index contributed by atoms with van der Waals surface area (Å²) in [5, 5.41) is 2.97. The molecule has 18 heavy (non-hydrogen) atoms. The minimum Gasteiger partial charge on any atom is -0.362 e. The third-order valence-corrected chi connectivity index (χ3v) is 4.88. The van der Waals surface area contributed by atoms with Crippen LogP contribution >= 0.6 is 0 Å². The quantitative estimate of drug-likeness (QED) is 0.813. The van der Waals surface area contributed by atoms with Crippen LogP contribution in [0.1, 0.15) is 33.1 Å². The Morgan fingerprint density at radius 2 is 2.33 bits per heavy atom. The molecule has 0 bridgehead atoms. The van der Waals surface area contributed by atoms with Crippen molar-refractivity contribution in [1.82, 2.24) is 10.2 Å². The van der Waals surface area contributed by atoms with Gasteiger partial charge in [-0.25, -0.2) is 0 Å². The van der Waals surface area contributed by atoms with E-state index in [2.05, 4.69) is 10.2 Å². The van der Waals surface area contributed by atoms with Gasteiger partial charge < -0.3 is 10.2 Å². The van der Waals surface area contributed by atoms with Gasteiger partial charge in [0.2, 0.25) is 5.91 Å². The van der Waals surface area contributed by atoms with E-state index in [-0.39, 0.29) is 17.6 Å². The zero-order valence-corrected chi connectivity index (χ0v) is 11.0. The van der Waals surface area contributed by atoms with Crippen LogP contribution < -0.4 is 5.32 Å². The zero-order valence-electron chi connectivity index (χ0n) is 11.0. The number of amides is 1. The molecule has 1 amide bonds. The molecule has 0 aromatic rings. The van der Waals surface area contributed by atoms with Crippen molar-refractivity contribution in [3.63, 3.8) is 0 Å². The van der Waals surface area contributed by atoms with E-state index < -0.39 is 5.54 Å². The summed E-state index contributed by atoms with van der Waals surface area (Å²) in [7, 11) is 0. The molecule has 3 rings (SSSR count). The molecule has 0 unspecified atom stereocenters. The maximum atomic E-state index is 12.5. The molecule has 0 spiro atoms. The van der Waals surface area contributed by atoms with Crippen molar-refractivity contribution in [3.05, 3.63) is 11.8 Å². The number of hydrogen-bond donors (Lipinski definition) is 1. The first-order chi connectivity index (χ1) is 8.62. The molecule has 4 heteroatoms. The predicted octanol–water partition coefficient (Wildman–Crippen LogP) is 1.08. The highest BCUT2D eigenvalue weighted by molar-refractivity contribution is 5.99. The van der Waals surface area contributed by atoms with Gasteiger partial charge in [0.05, 0.1) is 0 Å². The Hall–Kier alpha value is -1.32. The van der Waals surface area contributed by atoms with Crippen LogP contribution in [-0.2, 0) is 9.59 Å². The Morgan fingerprint density at radius 1 is 1.56 bits per heavy atom. The predicted molar refractivity (Wildman–Crippen MR) is 67.7 cm³/mol. The highest BCUT2D eigenvalue weighted by Crippen LogP contribution is 2.59. The Balaban J connectivity index is 1.98. The zero-order chi connectivity index (χ0) is 12.9. The second-order valence-electron chi connectivity index (χ2n) is 5.65. The molecule has 4 nitrogen and oxygen atoms in total. The van der Waals surface area contributed by atoms with Gasteiger partial charge in [0, 0.05) is 30.8 Å². The summed E-state index contributed by atoms with van der Waals surface area (Å²) in [6.45, 7) is 5.12. The molecule has 98 valence electrons. The molecule has 1 saturated heterocycles. The van der Waals surface area contributed by atoms with Gasteiger partial charge in [0.25, 0.3) is 0 Å². The van der Waals surface area contributed by atoms with Crippen molar-refractivity contribution in [1.29, 1.82) is 0 Å². The summed E-state index contributed by atoms with van der Waals surface area (Å²) in [6.07, 6.45) is 5.20. The highest BCUT2D eigenvalue weighted by atomic mass is 16.2. The van der Waals surface area contributed by atoms with Crippen molar-refractivity contribution in [2.24, 2.45) is 11.8 Å².